The van der Waals surface area contributed by atoms with Crippen molar-refractivity contribution in [2.45, 2.75) is 51.5 Å². The van der Waals surface area contributed by atoms with Crippen LogP contribution in [-0.2, 0) is 16.0 Å². The summed E-state index contributed by atoms with van der Waals surface area (Å²) in [7, 11) is 0. The lowest BCUT2D eigenvalue weighted by molar-refractivity contribution is -0.154. The van der Waals surface area contributed by atoms with Crippen LogP contribution in [0.15, 0.2) is 30.3 Å². The summed E-state index contributed by atoms with van der Waals surface area (Å²) in [4.78, 5) is 25.5. The van der Waals surface area contributed by atoms with Crippen molar-refractivity contribution < 1.29 is 14.7 Å². The van der Waals surface area contributed by atoms with Crippen molar-refractivity contribution in [3.05, 3.63) is 35.2 Å². The number of nitrogens with one attached hydrogen (secondary N) is 1. The minimum Gasteiger partial charge on any atom is -0.480 e. The fourth-order valence-corrected chi connectivity index (χ4v) is 4.54. The Labute approximate surface area is 145 Å². The lowest BCUT2D eigenvalue weighted by Gasteiger charge is -2.29. The van der Waals surface area contributed by atoms with Crippen molar-refractivity contribution in [3.63, 3.8) is 0 Å². The number of fused-ring (bicyclic) bond motifs is 1. The van der Waals surface area contributed by atoms with E-state index >= 15 is 0 Å². The van der Waals surface area contributed by atoms with Gasteiger partial charge in [-0.1, -0.05) is 37.5 Å². The van der Waals surface area contributed by atoms with Crippen molar-refractivity contribution in [1.82, 2.24) is 5.32 Å². The van der Waals surface area contributed by atoms with Crippen LogP contribution < -0.4 is 5.32 Å². The fourth-order valence-electron chi connectivity index (χ4n) is 3.32. The molecule has 1 aromatic carbocycles. The van der Waals surface area contributed by atoms with Gasteiger partial charge in [0.2, 0.25) is 5.91 Å². The zero-order chi connectivity index (χ0) is 17.2. The summed E-state index contributed by atoms with van der Waals surface area (Å²) in [5.74, 6) is -1.42. The van der Waals surface area contributed by atoms with Crippen molar-refractivity contribution >= 4 is 33.3 Å². The van der Waals surface area contributed by atoms with Crippen LogP contribution >= 0.6 is 11.3 Å². The third-order valence-electron chi connectivity index (χ3n) is 4.92. The van der Waals surface area contributed by atoms with Crippen molar-refractivity contribution in [1.29, 1.82) is 0 Å². The molecule has 1 aliphatic rings. The monoisotopic (exact) mass is 345 g/mol. The molecule has 1 heterocycles. The van der Waals surface area contributed by atoms with Gasteiger partial charge in [-0.05, 0) is 37.3 Å². The van der Waals surface area contributed by atoms with Crippen LogP contribution in [0.4, 0.5) is 0 Å². The molecule has 5 heteroatoms. The summed E-state index contributed by atoms with van der Waals surface area (Å²) in [6.07, 6.45) is 5.52. The number of carbonyl (C=O) groups excluding carboxylic acids is 1. The molecule has 1 aromatic heterocycles. The number of aliphatic carboxylic acids is 1. The van der Waals surface area contributed by atoms with E-state index in [-0.39, 0.29) is 18.4 Å². The van der Waals surface area contributed by atoms with Gasteiger partial charge in [0, 0.05) is 22.0 Å². The van der Waals surface area contributed by atoms with Crippen LogP contribution in [0.25, 0.3) is 10.1 Å². The topological polar surface area (TPSA) is 66.4 Å². The van der Waals surface area contributed by atoms with Crippen LogP contribution in [0, 0.1) is 5.41 Å². The summed E-state index contributed by atoms with van der Waals surface area (Å²) in [6, 6.07) is 10.1. The Morgan fingerprint density at radius 1 is 1.25 bits per heavy atom. The number of rotatable bonds is 5. The zero-order valence-corrected chi connectivity index (χ0v) is 14.7. The molecule has 4 nitrogen and oxygen atoms in total. The van der Waals surface area contributed by atoms with Crippen LogP contribution in [0.1, 0.15) is 43.9 Å². The van der Waals surface area contributed by atoms with Gasteiger partial charge in [-0.2, -0.15) is 0 Å². The molecule has 1 aliphatic carbocycles. The number of thiophene rings is 1. The maximum Gasteiger partial charge on any atom is 0.319 e. The lowest BCUT2D eigenvalue weighted by atomic mass is 9.84. The first kappa shape index (κ1) is 17.0. The molecule has 2 aromatic rings. The van der Waals surface area contributed by atoms with E-state index in [1.807, 2.05) is 30.3 Å². The maximum absolute atomic E-state index is 12.7. The normalized spacial score (nSPS) is 18.2. The molecule has 0 saturated heterocycles. The standard InChI is InChI=1S/C19H23NO3S/c1-19(18(22)23,17(21)20-14-8-3-2-4-9-14)12-15-11-13-7-5-6-10-16(13)24-15/h5-7,10-11,14H,2-4,8-9,12H2,1H3,(H,20,21)(H,22,23). The highest BCUT2D eigenvalue weighted by Gasteiger charge is 2.42. The Morgan fingerprint density at radius 3 is 2.62 bits per heavy atom. The average molecular weight is 345 g/mol. The first-order valence-corrected chi connectivity index (χ1v) is 9.32. The number of carboxylic acid groups (broad SMARTS) is 1. The molecule has 0 aliphatic heterocycles. The highest BCUT2D eigenvalue weighted by Crippen LogP contribution is 2.32. The molecule has 1 unspecified atom stereocenters. The van der Waals surface area contributed by atoms with E-state index in [1.165, 1.54) is 13.3 Å². The minimum absolute atomic E-state index is 0.118. The molecule has 0 radical (unpaired) electrons. The van der Waals surface area contributed by atoms with E-state index in [0.717, 1.165) is 40.6 Å². The van der Waals surface area contributed by atoms with E-state index < -0.39 is 11.4 Å². The largest absolute Gasteiger partial charge is 0.480 e. The Morgan fingerprint density at radius 2 is 1.96 bits per heavy atom. The van der Waals surface area contributed by atoms with Gasteiger partial charge in [0.25, 0.3) is 0 Å². The number of amides is 1. The zero-order valence-electron chi connectivity index (χ0n) is 13.9. The van der Waals surface area contributed by atoms with E-state index in [0.29, 0.717) is 0 Å². The molecular formula is C19H23NO3S. The molecule has 1 amide bonds. The Hall–Kier alpha value is -1.88. The van der Waals surface area contributed by atoms with E-state index in [4.69, 9.17) is 0 Å². The number of benzene rings is 1. The van der Waals surface area contributed by atoms with E-state index in [1.54, 1.807) is 11.3 Å². The highest BCUT2D eigenvalue weighted by atomic mass is 32.1. The SMILES string of the molecule is CC(Cc1cc2ccccc2s1)(C(=O)O)C(=O)NC1CCCCC1. The van der Waals surface area contributed by atoms with Gasteiger partial charge in [0.05, 0.1) is 0 Å². The molecule has 0 bridgehead atoms. The summed E-state index contributed by atoms with van der Waals surface area (Å²) in [6.45, 7) is 1.54. The van der Waals surface area contributed by atoms with E-state index in [2.05, 4.69) is 5.32 Å². The molecule has 0 spiro atoms. The van der Waals surface area contributed by atoms with Gasteiger partial charge >= 0.3 is 5.97 Å². The Kier molecular flexibility index (Phi) is 4.90. The first-order chi connectivity index (χ1) is 11.5. The molecular weight excluding hydrogens is 322 g/mol. The van der Waals surface area contributed by atoms with Gasteiger partial charge < -0.3 is 10.4 Å². The smallest absolute Gasteiger partial charge is 0.319 e. The summed E-state index contributed by atoms with van der Waals surface area (Å²) in [5, 5.41) is 13.8. The molecule has 3 rings (SSSR count). The molecule has 1 fully saturated rings. The third-order valence-corrected chi connectivity index (χ3v) is 6.03. The fraction of sp³-hybridized carbons (Fsp3) is 0.474. The second-order valence-corrected chi connectivity index (χ2v) is 8.04. The summed E-state index contributed by atoms with van der Waals surface area (Å²) < 4.78 is 1.12. The second kappa shape index (κ2) is 6.93. The second-order valence-electron chi connectivity index (χ2n) is 6.87. The number of hydrogen-bond donors (Lipinski definition) is 2. The van der Waals surface area contributed by atoms with Gasteiger partial charge in [-0.3, -0.25) is 9.59 Å². The number of hydrogen-bond acceptors (Lipinski definition) is 3. The molecule has 1 atom stereocenters. The van der Waals surface area contributed by atoms with Crippen LogP contribution in [-0.4, -0.2) is 23.0 Å². The van der Waals surface area contributed by atoms with Crippen molar-refractivity contribution in [2.24, 2.45) is 5.41 Å². The minimum atomic E-state index is -1.43. The maximum atomic E-state index is 12.7. The summed E-state index contributed by atoms with van der Waals surface area (Å²) in [5.41, 5.74) is -1.43. The average Bonchev–Trinajstić information content (AvgIpc) is 2.97. The predicted octanol–water partition coefficient (Wildman–Crippen LogP) is 3.98. The van der Waals surface area contributed by atoms with Crippen molar-refractivity contribution in [2.75, 3.05) is 0 Å². The van der Waals surface area contributed by atoms with E-state index in [9.17, 15) is 14.7 Å². The quantitative estimate of drug-likeness (QED) is 0.806. The Bertz CT molecular complexity index is 715. The molecule has 1 saturated carbocycles. The van der Waals surface area contributed by atoms with Gasteiger partial charge in [0.15, 0.2) is 0 Å². The predicted molar refractivity (Wildman–Crippen MR) is 96.3 cm³/mol. The van der Waals surface area contributed by atoms with Gasteiger partial charge in [-0.25, -0.2) is 0 Å². The molecule has 128 valence electrons. The lowest BCUT2D eigenvalue weighted by Crippen LogP contribution is -2.49. The highest BCUT2D eigenvalue weighted by molar-refractivity contribution is 7.19. The number of carbonyl (C=O) groups is 2. The first-order valence-electron chi connectivity index (χ1n) is 8.51. The van der Waals surface area contributed by atoms with Crippen molar-refractivity contribution in [3.8, 4) is 0 Å². The molecule has 2 N–H and O–H groups in total. The summed E-state index contributed by atoms with van der Waals surface area (Å²) >= 11 is 1.56. The van der Waals surface area contributed by atoms with Crippen LogP contribution in [0.5, 0.6) is 0 Å². The van der Waals surface area contributed by atoms with Crippen LogP contribution in [0.3, 0.4) is 0 Å². The van der Waals surface area contributed by atoms with Gasteiger partial charge in [0.1, 0.15) is 5.41 Å². The Balaban J connectivity index is 1.78. The van der Waals surface area contributed by atoms with Crippen LogP contribution in [0.2, 0.25) is 0 Å². The third kappa shape index (κ3) is 3.46. The number of carboxylic acids is 1. The molecule has 24 heavy (non-hydrogen) atoms. The van der Waals surface area contributed by atoms with Gasteiger partial charge in [-0.15, -0.1) is 11.3 Å².